The van der Waals surface area contributed by atoms with Gasteiger partial charge in [-0.15, -0.1) is 0 Å². The van der Waals surface area contributed by atoms with E-state index >= 15 is 0 Å². The number of fused-ring (bicyclic) bond motifs is 1. The first kappa shape index (κ1) is 26.5. The zero-order chi connectivity index (χ0) is 27.4. The third kappa shape index (κ3) is 5.13. The molecule has 198 valence electrons. The maximum absolute atomic E-state index is 13.5. The van der Waals surface area contributed by atoms with Crippen LogP contribution in [-0.2, 0) is 16.2 Å². The fourth-order valence-electron chi connectivity index (χ4n) is 6.10. The van der Waals surface area contributed by atoms with Gasteiger partial charge in [-0.2, -0.15) is 0 Å². The summed E-state index contributed by atoms with van der Waals surface area (Å²) in [6, 6.07) is 12.1. The van der Waals surface area contributed by atoms with Crippen LogP contribution in [0.3, 0.4) is 0 Å². The lowest BCUT2D eigenvalue weighted by atomic mass is 9.60. The van der Waals surface area contributed by atoms with Crippen molar-refractivity contribution in [2.75, 3.05) is 0 Å². The van der Waals surface area contributed by atoms with Crippen molar-refractivity contribution in [3.8, 4) is 5.75 Å². The van der Waals surface area contributed by atoms with Gasteiger partial charge in [-0.1, -0.05) is 58.0 Å². The van der Waals surface area contributed by atoms with Crippen molar-refractivity contribution in [3.05, 3.63) is 74.9 Å². The van der Waals surface area contributed by atoms with E-state index in [4.69, 9.17) is 9.73 Å². The standard InChI is InChI=1S/C31H32BrNO5/c1-30(2)12-21-27(23(34)14-30)26(28-22(33-21)13-31(3,4)15-24(28)35)19-9-10-25(20(32)11-19)38-16-17-5-7-18(8-6-17)29(36)37/h5-11,26-27H,12-16H2,1-4H3,(H,36,37)/p-1/t26-,27?/m0/s1. The topological polar surface area (TPSA) is 95.9 Å². The van der Waals surface area contributed by atoms with E-state index in [0.29, 0.717) is 30.6 Å². The fraction of sp³-hybridized carbons (Fsp3) is 0.419. The largest absolute Gasteiger partial charge is 0.545 e. The van der Waals surface area contributed by atoms with Crippen LogP contribution in [0.1, 0.15) is 80.8 Å². The molecule has 0 amide bonds. The predicted octanol–water partition coefficient (Wildman–Crippen LogP) is 5.58. The number of halogens is 1. The Morgan fingerprint density at radius 3 is 2.32 bits per heavy atom. The number of nitrogens with zero attached hydrogens (tertiary/aromatic N) is 1. The lowest BCUT2D eigenvalue weighted by molar-refractivity contribution is -0.255. The molecule has 1 unspecified atom stereocenters. The molecule has 38 heavy (non-hydrogen) atoms. The molecule has 0 radical (unpaired) electrons. The second kappa shape index (κ2) is 9.60. The van der Waals surface area contributed by atoms with Crippen LogP contribution in [-0.4, -0.2) is 23.2 Å². The lowest BCUT2D eigenvalue weighted by Gasteiger charge is -2.44. The Kier molecular flexibility index (Phi) is 6.70. The summed E-state index contributed by atoms with van der Waals surface area (Å²) >= 11 is 3.63. The predicted molar refractivity (Wildman–Crippen MR) is 146 cm³/mol. The minimum atomic E-state index is -1.22. The summed E-state index contributed by atoms with van der Waals surface area (Å²) in [4.78, 5) is 43.0. The molecule has 1 aliphatic heterocycles. The Balaban J connectivity index is 1.47. The summed E-state index contributed by atoms with van der Waals surface area (Å²) in [6.45, 7) is 8.66. The minimum absolute atomic E-state index is 0.0816. The SMILES string of the molecule is CC1(C)CC(=O)C2C(=NC3=C(C(=O)CC(C)(C)C3)[C@H]2c2ccc(OCc3ccc(C(=O)[O-])cc3)c(Br)c2)C1. The number of hydrogen-bond acceptors (Lipinski definition) is 6. The Labute approximate surface area is 231 Å². The normalized spacial score (nSPS) is 23.9. The second-order valence-electron chi connectivity index (χ2n) is 12.3. The number of allylic oxidation sites excluding steroid dienone is 2. The summed E-state index contributed by atoms with van der Waals surface area (Å²) in [7, 11) is 0. The van der Waals surface area contributed by atoms with E-state index in [-0.39, 0.29) is 40.5 Å². The molecule has 0 saturated heterocycles. The van der Waals surface area contributed by atoms with E-state index in [9.17, 15) is 19.5 Å². The van der Waals surface area contributed by atoms with Crippen LogP contribution in [0.4, 0.5) is 0 Å². The summed E-state index contributed by atoms with van der Waals surface area (Å²) in [5.74, 6) is -1.15. The maximum atomic E-state index is 13.5. The van der Waals surface area contributed by atoms with Crippen LogP contribution in [0.2, 0.25) is 0 Å². The number of carboxylic acid groups (broad SMARTS) is 1. The van der Waals surface area contributed by atoms with Crippen LogP contribution >= 0.6 is 15.9 Å². The van der Waals surface area contributed by atoms with Gasteiger partial charge in [-0.25, -0.2) is 0 Å². The molecule has 6 nitrogen and oxygen atoms in total. The second-order valence-corrected chi connectivity index (χ2v) is 13.2. The molecular weight excluding hydrogens is 546 g/mol. The number of ether oxygens (including phenoxy) is 1. The van der Waals surface area contributed by atoms with Crippen LogP contribution in [0.25, 0.3) is 0 Å². The molecule has 2 aromatic carbocycles. The molecule has 3 aliphatic rings. The molecule has 0 bridgehead atoms. The van der Waals surface area contributed by atoms with Crippen molar-refractivity contribution < 1.29 is 24.2 Å². The van der Waals surface area contributed by atoms with Crippen LogP contribution < -0.4 is 9.84 Å². The van der Waals surface area contributed by atoms with Gasteiger partial charge >= 0.3 is 0 Å². The number of carbonyl (C=O) groups is 3. The number of aromatic carboxylic acids is 1. The van der Waals surface area contributed by atoms with Crippen molar-refractivity contribution in [2.24, 2.45) is 21.7 Å². The smallest absolute Gasteiger partial charge is 0.161 e. The Morgan fingerprint density at radius 2 is 1.66 bits per heavy atom. The molecule has 0 aromatic heterocycles. The zero-order valence-corrected chi connectivity index (χ0v) is 23.7. The van der Waals surface area contributed by atoms with Crippen molar-refractivity contribution in [1.29, 1.82) is 0 Å². The molecule has 5 rings (SSSR count). The number of ketones is 2. The summed E-state index contributed by atoms with van der Waals surface area (Å²) in [6.07, 6.45) is 2.37. The van der Waals surface area contributed by atoms with Crippen LogP contribution in [0.15, 0.2) is 63.2 Å². The first-order valence-electron chi connectivity index (χ1n) is 12.9. The summed E-state index contributed by atoms with van der Waals surface area (Å²) < 4.78 is 6.72. The molecule has 0 spiro atoms. The number of benzene rings is 2. The Morgan fingerprint density at radius 1 is 0.974 bits per heavy atom. The highest BCUT2D eigenvalue weighted by Gasteiger charge is 2.49. The monoisotopic (exact) mass is 576 g/mol. The summed E-state index contributed by atoms with van der Waals surface area (Å²) in [5.41, 5.74) is 3.95. The Bertz CT molecular complexity index is 1400. The number of rotatable bonds is 5. The third-order valence-electron chi connectivity index (χ3n) is 7.74. The number of carboxylic acids is 1. The van der Waals surface area contributed by atoms with Crippen LogP contribution in [0, 0.1) is 16.7 Å². The molecule has 1 fully saturated rings. The van der Waals surface area contributed by atoms with Crippen molar-refractivity contribution in [1.82, 2.24) is 0 Å². The van der Waals surface area contributed by atoms with Gasteiger partial charge in [0.1, 0.15) is 18.1 Å². The van der Waals surface area contributed by atoms with Gasteiger partial charge in [0.15, 0.2) is 5.78 Å². The van der Waals surface area contributed by atoms with E-state index < -0.39 is 11.9 Å². The quantitative estimate of drug-likeness (QED) is 0.463. The van der Waals surface area contributed by atoms with E-state index in [1.54, 1.807) is 12.1 Å². The molecular formula is C31H31BrNO5-. The van der Waals surface area contributed by atoms with Gasteiger partial charge in [0.05, 0.1) is 16.4 Å². The highest BCUT2D eigenvalue weighted by molar-refractivity contribution is 9.10. The van der Waals surface area contributed by atoms with Crippen LogP contribution in [0.5, 0.6) is 5.75 Å². The van der Waals surface area contributed by atoms with Gasteiger partial charge in [-0.3, -0.25) is 14.6 Å². The minimum Gasteiger partial charge on any atom is -0.545 e. The van der Waals surface area contributed by atoms with Gasteiger partial charge in [-0.05, 0) is 68.4 Å². The number of aliphatic imine (C=N–C) groups is 1. The highest BCUT2D eigenvalue weighted by Crippen LogP contribution is 2.52. The first-order chi connectivity index (χ1) is 17.8. The molecule has 2 atom stereocenters. The van der Waals surface area contributed by atoms with E-state index in [1.165, 1.54) is 12.1 Å². The number of carbonyl (C=O) groups excluding carboxylic acids is 3. The van der Waals surface area contributed by atoms with Crippen molar-refractivity contribution in [3.63, 3.8) is 0 Å². The number of Topliss-reactive ketones (excluding diaryl/α,β-unsaturated/α-hetero) is 2. The average molecular weight is 577 g/mol. The number of hydrogen-bond donors (Lipinski definition) is 0. The van der Waals surface area contributed by atoms with E-state index in [2.05, 4.69) is 43.6 Å². The molecule has 2 aromatic rings. The lowest BCUT2D eigenvalue weighted by Crippen LogP contribution is -2.45. The molecule has 0 N–H and O–H groups in total. The molecule has 1 heterocycles. The highest BCUT2D eigenvalue weighted by atomic mass is 79.9. The van der Waals surface area contributed by atoms with E-state index in [1.807, 2.05) is 18.2 Å². The third-order valence-corrected chi connectivity index (χ3v) is 8.36. The van der Waals surface area contributed by atoms with Gasteiger partial charge in [0, 0.05) is 35.7 Å². The molecule has 2 aliphatic carbocycles. The first-order valence-corrected chi connectivity index (χ1v) is 13.7. The van der Waals surface area contributed by atoms with Crippen molar-refractivity contribution in [2.45, 2.75) is 65.9 Å². The maximum Gasteiger partial charge on any atom is 0.161 e. The van der Waals surface area contributed by atoms with Crippen molar-refractivity contribution >= 4 is 39.2 Å². The fourth-order valence-corrected chi connectivity index (χ4v) is 6.61. The zero-order valence-electron chi connectivity index (χ0n) is 22.1. The van der Waals surface area contributed by atoms with Gasteiger partial charge < -0.3 is 14.6 Å². The molecule has 1 saturated carbocycles. The van der Waals surface area contributed by atoms with E-state index in [0.717, 1.165) is 33.4 Å². The van der Waals surface area contributed by atoms with Gasteiger partial charge in [0.2, 0.25) is 0 Å². The molecule has 7 heteroatoms. The summed E-state index contributed by atoms with van der Waals surface area (Å²) in [5, 5.41) is 11.0. The van der Waals surface area contributed by atoms with Gasteiger partial charge in [0.25, 0.3) is 0 Å². The Hall–Kier alpha value is -3.06. The average Bonchev–Trinajstić information content (AvgIpc) is 2.80.